The summed E-state index contributed by atoms with van der Waals surface area (Å²) in [5.74, 6) is -1.52. The molecule has 13 heteroatoms. The van der Waals surface area contributed by atoms with Gasteiger partial charge in [0.05, 0.1) is 41.0 Å². The number of ether oxygens (including phenoxy) is 3. The zero-order valence-electron chi connectivity index (χ0n) is 28.2. The van der Waals surface area contributed by atoms with E-state index in [-0.39, 0.29) is 50.0 Å². The molecule has 51 heavy (non-hydrogen) atoms. The number of hydrogen-bond acceptors (Lipinski definition) is 9. The van der Waals surface area contributed by atoms with Crippen LogP contribution in [-0.4, -0.2) is 76.4 Å². The minimum Gasteiger partial charge on any atom is -0.490 e. The fourth-order valence-electron chi connectivity index (χ4n) is 6.21. The van der Waals surface area contributed by atoms with Gasteiger partial charge in [0.1, 0.15) is 41.0 Å². The average Bonchev–Trinajstić information content (AvgIpc) is 3.61. The smallest absolute Gasteiger partial charge is 0.410 e. The molecule has 5 aromatic rings. The molecule has 3 amide bonds. The summed E-state index contributed by atoms with van der Waals surface area (Å²) in [6, 6.07) is 16.4. The molecule has 0 radical (unpaired) electrons. The number of imide groups is 1. The molecule has 0 fully saturated rings. The van der Waals surface area contributed by atoms with E-state index in [1.807, 2.05) is 39.0 Å². The minimum absolute atomic E-state index is 0.0342. The Morgan fingerprint density at radius 1 is 0.882 bits per heavy atom. The summed E-state index contributed by atoms with van der Waals surface area (Å²) < 4.78 is 47.5. The summed E-state index contributed by atoms with van der Waals surface area (Å²) >= 11 is 1.17. The molecule has 262 valence electrons. The Hall–Kier alpha value is -5.27. The molecule has 3 aromatic carbocycles. The number of carbonyl (C=O) groups excluding carboxylic acids is 3. The first-order valence-electron chi connectivity index (χ1n) is 16.5. The largest absolute Gasteiger partial charge is 0.490 e. The van der Waals surface area contributed by atoms with Crippen LogP contribution in [0.3, 0.4) is 0 Å². The lowest BCUT2D eigenvalue weighted by atomic mass is 9.95. The second-order valence-corrected chi connectivity index (χ2v) is 14.1. The number of aromatic nitrogens is 2. The molecule has 4 heterocycles. The lowest BCUT2D eigenvalue weighted by Crippen LogP contribution is -2.39. The number of fused-ring (bicyclic) bond motifs is 3. The predicted octanol–water partition coefficient (Wildman–Crippen LogP) is 7.29. The lowest BCUT2D eigenvalue weighted by molar-refractivity contribution is 0.0223. The summed E-state index contributed by atoms with van der Waals surface area (Å²) in [4.78, 5) is 40.6. The number of carbonyl (C=O) groups is 3. The highest BCUT2D eigenvalue weighted by Gasteiger charge is 2.34. The van der Waals surface area contributed by atoms with Crippen LogP contribution < -0.4 is 4.74 Å². The van der Waals surface area contributed by atoms with Gasteiger partial charge in [-0.15, -0.1) is 21.5 Å². The molecule has 0 saturated heterocycles. The van der Waals surface area contributed by atoms with E-state index in [4.69, 9.17) is 14.2 Å². The van der Waals surface area contributed by atoms with Crippen molar-refractivity contribution in [1.82, 2.24) is 20.0 Å². The highest BCUT2D eigenvalue weighted by Crippen LogP contribution is 2.41. The first kappa shape index (κ1) is 34.2. The van der Waals surface area contributed by atoms with Crippen molar-refractivity contribution in [2.24, 2.45) is 0 Å². The van der Waals surface area contributed by atoms with Gasteiger partial charge < -0.3 is 19.1 Å². The molecular formula is C38H34F2N4O6S. The van der Waals surface area contributed by atoms with Gasteiger partial charge in [-0.2, -0.15) is 0 Å². The van der Waals surface area contributed by atoms with Gasteiger partial charge in [0.15, 0.2) is 0 Å². The molecule has 0 spiro atoms. The van der Waals surface area contributed by atoms with Crippen LogP contribution in [0.15, 0.2) is 66.0 Å². The van der Waals surface area contributed by atoms with Gasteiger partial charge in [0.2, 0.25) is 0 Å². The molecule has 0 aliphatic carbocycles. The van der Waals surface area contributed by atoms with Crippen LogP contribution in [0.4, 0.5) is 13.6 Å². The summed E-state index contributed by atoms with van der Waals surface area (Å²) in [7, 11) is 0. The van der Waals surface area contributed by atoms with Crippen molar-refractivity contribution in [2.45, 2.75) is 39.3 Å². The van der Waals surface area contributed by atoms with Gasteiger partial charge in [-0.05, 0) is 68.7 Å². The zero-order valence-corrected chi connectivity index (χ0v) is 29.0. The topological polar surface area (TPSA) is 111 Å². The van der Waals surface area contributed by atoms with E-state index >= 15 is 4.39 Å². The van der Waals surface area contributed by atoms with Gasteiger partial charge in [0, 0.05) is 35.7 Å². The Morgan fingerprint density at radius 3 is 2.37 bits per heavy atom. The third kappa shape index (κ3) is 6.91. The molecule has 0 atom stereocenters. The van der Waals surface area contributed by atoms with Crippen LogP contribution in [0.2, 0.25) is 0 Å². The van der Waals surface area contributed by atoms with Crippen LogP contribution in [0, 0.1) is 11.6 Å². The van der Waals surface area contributed by atoms with Gasteiger partial charge in [0.25, 0.3) is 11.8 Å². The lowest BCUT2D eigenvalue weighted by Gasteiger charge is -2.31. The van der Waals surface area contributed by atoms with E-state index in [0.29, 0.717) is 63.2 Å². The summed E-state index contributed by atoms with van der Waals surface area (Å²) in [5.41, 5.74) is 4.00. The monoisotopic (exact) mass is 712 g/mol. The second kappa shape index (κ2) is 13.8. The Balaban J connectivity index is 1.05. The maximum Gasteiger partial charge on any atom is 0.410 e. The van der Waals surface area contributed by atoms with E-state index in [2.05, 4.69) is 10.2 Å². The standard InChI is InChI=1S/C38H34F2N4O6S/c1-38(2,3)50-37(47)43-13-12-22-18-23(8-9-24(22)20-43)32-31-29(40)21-51-34(31)33(42-41-32)28-11-10-25(39)19-30(28)49-17-16-48-15-14-44-35(45)26-6-4-5-7-27(26)36(44)46/h4-11,18-19,21H,12-17,20H2,1-3H3. The van der Waals surface area contributed by atoms with Crippen molar-refractivity contribution in [1.29, 1.82) is 0 Å². The maximum absolute atomic E-state index is 15.5. The average molecular weight is 713 g/mol. The first-order chi connectivity index (χ1) is 24.5. The Kier molecular flexibility index (Phi) is 9.25. The van der Waals surface area contributed by atoms with Crippen molar-refractivity contribution in [2.75, 3.05) is 32.9 Å². The van der Waals surface area contributed by atoms with Crippen molar-refractivity contribution < 1.29 is 37.4 Å². The van der Waals surface area contributed by atoms with Crippen LogP contribution in [-0.2, 0) is 22.4 Å². The predicted molar refractivity (Wildman–Crippen MR) is 187 cm³/mol. The summed E-state index contributed by atoms with van der Waals surface area (Å²) in [5, 5.41) is 10.6. The van der Waals surface area contributed by atoms with Crippen LogP contribution in [0.25, 0.3) is 32.6 Å². The van der Waals surface area contributed by atoms with Crippen LogP contribution in [0.1, 0.15) is 52.6 Å². The third-order valence-electron chi connectivity index (χ3n) is 8.61. The molecule has 2 aromatic heterocycles. The number of thiophene rings is 1. The number of nitrogens with zero attached hydrogens (tertiary/aromatic N) is 4. The van der Waals surface area contributed by atoms with E-state index in [0.717, 1.165) is 16.0 Å². The molecule has 10 nitrogen and oxygen atoms in total. The minimum atomic E-state index is -0.591. The van der Waals surface area contributed by atoms with Gasteiger partial charge in [-0.1, -0.05) is 24.3 Å². The number of halogens is 2. The van der Waals surface area contributed by atoms with Crippen molar-refractivity contribution in [3.63, 3.8) is 0 Å². The molecule has 2 aliphatic rings. The third-order valence-corrected chi connectivity index (χ3v) is 9.57. The Labute approximate surface area is 296 Å². The van der Waals surface area contributed by atoms with Gasteiger partial charge >= 0.3 is 6.09 Å². The van der Waals surface area contributed by atoms with E-state index in [1.54, 1.807) is 29.2 Å². The molecule has 0 saturated carbocycles. The van der Waals surface area contributed by atoms with E-state index < -0.39 is 17.2 Å². The van der Waals surface area contributed by atoms with Gasteiger partial charge in [-0.3, -0.25) is 14.5 Å². The van der Waals surface area contributed by atoms with E-state index in [9.17, 15) is 18.8 Å². The molecular weight excluding hydrogens is 679 g/mol. The molecule has 7 rings (SSSR count). The Morgan fingerprint density at radius 2 is 1.63 bits per heavy atom. The van der Waals surface area contributed by atoms with Crippen molar-refractivity contribution >= 4 is 39.3 Å². The summed E-state index contributed by atoms with van der Waals surface area (Å²) in [6.07, 6.45) is 0.239. The second-order valence-electron chi connectivity index (χ2n) is 13.2. The fourth-order valence-corrected chi connectivity index (χ4v) is 7.12. The number of benzene rings is 3. The summed E-state index contributed by atoms with van der Waals surface area (Å²) in [6.45, 7) is 6.70. The van der Waals surface area contributed by atoms with Gasteiger partial charge in [-0.25, -0.2) is 13.6 Å². The molecule has 0 N–H and O–H groups in total. The van der Waals surface area contributed by atoms with Crippen molar-refractivity contribution in [3.8, 4) is 28.3 Å². The number of hydrogen-bond donors (Lipinski definition) is 0. The maximum atomic E-state index is 15.5. The quantitative estimate of drug-likeness (QED) is 0.116. The van der Waals surface area contributed by atoms with Crippen molar-refractivity contribution in [3.05, 3.63) is 99.9 Å². The molecule has 0 unspecified atom stereocenters. The Bertz CT molecular complexity index is 2150. The highest BCUT2D eigenvalue weighted by molar-refractivity contribution is 7.17. The zero-order chi connectivity index (χ0) is 35.9. The first-order valence-corrected chi connectivity index (χ1v) is 17.4. The fraction of sp³-hybridized carbons (Fsp3) is 0.289. The SMILES string of the molecule is CC(C)(C)OC(=O)N1CCc2cc(-c3nnc(-c4ccc(F)cc4OCCOCCN4C(=O)c5ccccc5C4=O)c4scc(F)c34)ccc2C1. The highest BCUT2D eigenvalue weighted by atomic mass is 32.1. The van der Waals surface area contributed by atoms with Crippen LogP contribution >= 0.6 is 11.3 Å². The normalized spacial score (nSPS) is 14.2. The molecule has 2 aliphatic heterocycles. The number of rotatable bonds is 9. The molecule has 0 bridgehead atoms. The van der Waals surface area contributed by atoms with E-state index in [1.165, 1.54) is 34.9 Å². The van der Waals surface area contributed by atoms with Crippen LogP contribution in [0.5, 0.6) is 5.75 Å². The number of amides is 3.